The van der Waals surface area contributed by atoms with Gasteiger partial charge >= 0.3 is 0 Å². The van der Waals surface area contributed by atoms with Crippen molar-refractivity contribution in [2.24, 2.45) is 0 Å². The maximum atomic E-state index is 10.0. The first-order chi connectivity index (χ1) is 10.4. The molecule has 1 atom stereocenters. The highest BCUT2D eigenvalue weighted by Crippen LogP contribution is 2.25. The van der Waals surface area contributed by atoms with E-state index < -0.39 is 0 Å². The van der Waals surface area contributed by atoms with E-state index in [0.29, 0.717) is 5.75 Å². The maximum absolute atomic E-state index is 10.0. The molecule has 5 nitrogen and oxygen atoms in total. The Bertz CT molecular complexity index is 386. The van der Waals surface area contributed by atoms with Crippen molar-refractivity contribution < 1.29 is 5.11 Å². The summed E-state index contributed by atoms with van der Waals surface area (Å²) in [4.78, 5) is 0. The molecule has 0 aromatic heterocycles. The summed E-state index contributed by atoms with van der Waals surface area (Å²) in [6.45, 7) is 6.92. The van der Waals surface area contributed by atoms with Crippen molar-refractivity contribution in [1.29, 1.82) is 0 Å². The van der Waals surface area contributed by atoms with Crippen LogP contribution in [0.3, 0.4) is 0 Å². The van der Waals surface area contributed by atoms with Crippen LogP contribution in [0, 0.1) is 0 Å². The number of benzene rings is 1. The normalized spacial score (nSPS) is 23.3. The summed E-state index contributed by atoms with van der Waals surface area (Å²) in [6.07, 6.45) is 2.13. The van der Waals surface area contributed by atoms with Gasteiger partial charge in [0.05, 0.1) is 0 Å². The van der Waals surface area contributed by atoms with Crippen LogP contribution in [0.15, 0.2) is 24.3 Å². The van der Waals surface area contributed by atoms with Crippen LogP contribution in [0.2, 0.25) is 0 Å². The van der Waals surface area contributed by atoms with Crippen LogP contribution in [0.25, 0.3) is 0 Å². The molecule has 1 aromatic carbocycles. The van der Waals surface area contributed by atoms with Gasteiger partial charge < -0.3 is 26.4 Å². The summed E-state index contributed by atoms with van der Waals surface area (Å²) in [5, 5.41) is 23.9. The molecule has 1 unspecified atom stereocenters. The molecule has 1 heterocycles. The fourth-order valence-electron chi connectivity index (χ4n) is 2.62. The molecule has 1 aromatic rings. The van der Waals surface area contributed by atoms with Crippen LogP contribution >= 0.6 is 0 Å². The molecule has 0 saturated carbocycles. The van der Waals surface area contributed by atoms with Crippen LogP contribution in [0.1, 0.15) is 24.4 Å². The van der Waals surface area contributed by atoms with Gasteiger partial charge in [-0.2, -0.15) is 0 Å². The predicted octanol–water partition coefficient (Wildman–Crippen LogP) is 0.586. The van der Waals surface area contributed by atoms with Gasteiger partial charge in [-0.15, -0.1) is 0 Å². The number of para-hydroxylation sites is 1. The molecular weight excluding hydrogens is 264 g/mol. The lowest BCUT2D eigenvalue weighted by Gasteiger charge is -2.21. The smallest absolute Gasteiger partial charge is 0.120 e. The molecule has 1 aliphatic rings. The number of phenols is 1. The third-order valence-electron chi connectivity index (χ3n) is 3.80. The fraction of sp³-hybridized carbons (Fsp3) is 0.625. The zero-order valence-corrected chi connectivity index (χ0v) is 12.7. The summed E-state index contributed by atoms with van der Waals surface area (Å²) in [7, 11) is 0. The van der Waals surface area contributed by atoms with Crippen LogP contribution in [0.5, 0.6) is 5.75 Å². The number of hydrogen-bond donors (Lipinski definition) is 5. The second-order valence-electron chi connectivity index (χ2n) is 5.46. The van der Waals surface area contributed by atoms with Gasteiger partial charge in [0.25, 0.3) is 0 Å². The molecule has 21 heavy (non-hydrogen) atoms. The van der Waals surface area contributed by atoms with Crippen LogP contribution in [-0.2, 0) is 0 Å². The SMILES string of the molecule is Oc1ccccc1C1CCNCCNCCCNCCN1. The van der Waals surface area contributed by atoms with Crippen molar-refractivity contribution in [3.05, 3.63) is 29.8 Å². The van der Waals surface area contributed by atoms with Gasteiger partial charge in [0.1, 0.15) is 5.75 Å². The van der Waals surface area contributed by atoms with Gasteiger partial charge in [0.2, 0.25) is 0 Å². The second-order valence-corrected chi connectivity index (χ2v) is 5.46. The summed E-state index contributed by atoms with van der Waals surface area (Å²) in [5.41, 5.74) is 0.990. The molecule has 1 fully saturated rings. The summed E-state index contributed by atoms with van der Waals surface area (Å²) >= 11 is 0. The number of aromatic hydroxyl groups is 1. The molecule has 118 valence electrons. The van der Waals surface area contributed by atoms with Crippen molar-refractivity contribution in [1.82, 2.24) is 21.3 Å². The Morgan fingerprint density at radius 1 is 0.810 bits per heavy atom. The van der Waals surface area contributed by atoms with Crippen molar-refractivity contribution in [3.8, 4) is 5.75 Å². The topological polar surface area (TPSA) is 68.3 Å². The molecule has 0 spiro atoms. The average Bonchev–Trinajstić information content (AvgIpc) is 2.50. The van der Waals surface area contributed by atoms with Crippen LogP contribution < -0.4 is 21.3 Å². The van der Waals surface area contributed by atoms with Crippen molar-refractivity contribution >= 4 is 0 Å². The molecule has 2 rings (SSSR count). The Kier molecular flexibility index (Phi) is 7.53. The highest BCUT2D eigenvalue weighted by Gasteiger charge is 2.14. The lowest BCUT2D eigenvalue weighted by molar-refractivity contribution is 0.425. The van der Waals surface area contributed by atoms with E-state index in [9.17, 15) is 5.11 Å². The minimum Gasteiger partial charge on any atom is -0.508 e. The molecule has 5 N–H and O–H groups in total. The third-order valence-corrected chi connectivity index (χ3v) is 3.80. The van der Waals surface area contributed by atoms with E-state index in [2.05, 4.69) is 21.3 Å². The van der Waals surface area contributed by atoms with E-state index in [-0.39, 0.29) is 6.04 Å². The van der Waals surface area contributed by atoms with E-state index in [1.54, 1.807) is 6.07 Å². The number of hydrogen-bond acceptors (Lipinski definition) is 5. The zero-order valence-electron chi connectivity index (χ0n) is 12.7. The van der Waals surface area contributed by atoms with Gasteiger partial charge in [-0.1, -0.05) is 18.2 Å². The average molecular weight is 292 g/mol. The Hall–Kier alpha value is -1.14. The van der Waals surface area contributed by atoms with Gasteiger partial charge in [-0.25, -0.2) is 0 Å². The summed E-state index contributed by atoms with van der Waals surface area (Å²) in [6, 6.07) is 7.81. The first kappa shape index (κ1) is 16.2. The van der Waals surface area contributed by atoms with E-state index in [1.807, 2.05) is 18.2 Å². The Balaban J connectivity index is 1.91. The molecular formula is C16H28N4O. The quantitative estimate of drug-likeness (QED) is 0.524. The molecule has 0 amide bonds. The Labute approximate surface area is 127 Å². The lowest BCUT2D eigenvalue weighted by Crippen LogP contribution is -2.35. The van der Waals surface area contributed by atoms with Crippen molar-refractivity contribution in [3.63, 3.8) is 0 Å². The minimum atomic E-state index is 0.191. The van der Waals surface area contributed by atoms with E-state index in [1.165, 1.54) is 0 Å². The predicted molar refractivity (Wildman–Crippen MR) is 86.7 cm³/mol. The lowest BCUT2D eigenvalue weighted by atomic mass is 10.0. The molecule has 1 aliphatic heterocycles. The first-order valence-electron chi connectivity index (χ1n) is 8.01. The van der Waals surface area contributed by atoms with E-state index >= 15 is 0 Å². The van der Waals surface area contributed by atoms with Crippen LogP contribution in [-0.4, -0.2) is 50.9 Å². The molecule has 1 saturated heterocycles. The molecule has 0 bridgehead atoms. The first-order valence-corrected chi connectivity index (χ1v) is 8.01. The van der Waals surface area contributed by atoms with Crippen LogP contribution in [0.4, 0.5) is 0 Å². The Morgan fingerprint density at radius 3 is 2.24 bits per heavy atom. The zero-order chi connectivity index (χ0) is 14.8. The second kappa shape index (κ2) is 9.73. The number of phenolic OH excluding ortho intramolecular Hbond substituents is 1. The van der Waals surface area contributed by atoms with Crippen molar-refractivity contribution in [2.75, 3.05) is 45.8 Å². The van der Waals surface area contributed by atoms with E-state index in [0.717, 1.165) is 64.2 Å². The number of nitrogens with one attached hydrogen (secondary N) is 4. The molecule has 0 aliphatic carbocycles. The Morgan fingerprint density at radius 2 is 1.48 bits per heavy atom. The maximum Gasteiger partial charge on any atom is 0.120 e. The monoisotopic (exact) mass is 292 g/mol. The highest BCUT2D eigenvalue weighted by atomic mass is 16.3. The summed E-state index contributed by atoms with van der Waals surface area (Å²) in [5.74, 6) is 0.380. The number of rotatable bonds is 1. The van der Waals surface area contributed by atoms with Gasteiger partial charge in [0.15, 0.2) is 0 Å². The molecule has 5 heteroatoms. The van der Waals surface area contributed by atoms with Gasteiger partial charge in [-0.05, 0) is 38.5 Å². The van der Waals surface area contributed by atoms with Crippen molar-refractivity contribution in [2.45, 2.75) is 18.9 Å². The highest BCUT2D eigenvalue weighted by molar-refractivity contribution is 5.34. The summed E-state index contributed by atoms with van der Waals surface area (Å²) < 4.78 is 0. The third kappa shape index (κ3) is 6.01. The molecule has 0 radical (unpaired) electrons. The largest absolute Gasteiger partial charge is 0.508 e. The van der Waals surface area contributed by atoms with E-state index in [4.69, 9.17) is 0 Å². The fourth-order valence-corrected chi connectivity index (χ4v) is 2.62. The minimum absolute atomic E-state index is 0.191. The van der Waals surface area contributed by atoms with Gasteiger partial charge in [-0.3, -0.25) is 0 Å². The van der Waals surface area contributed by atoms with Gasteiger partial charge in [0, 0.05) is 37.8 Å². The standard InChI is InChI=1S/C16H28N4O/c21-16-5-2-1-4-14(16)15-6-9-19-11-10-17-7-3-8-18-12-13-20-15/h1-2,4-5,15,17-21H,3,6-13H2.